The summed E-state index contributed by atoms with van der Waals surface area (Å²) in [4.78, 5) is 19.5. The summed E-state index contributed by atoms with van der Waals surface area (Å²) in [6, 6.07) is 19.6. The van der Waals surface area contributed by atoms with Gasteiger partial charge in [-0.3, -0.25) is 4.79 Å². The Hall–Kier alpha value is -1.89. The van der Waals surface area contributed by atoms with Crippen LogP contribution in [0.25, 0.3) is 0 Å². The average Bonchev–Trinajstić information content (AvgIpc) is 2.92. The third-order valence-electron chi connectivity index (χ3n) is 6.34. The fourth-order valence-electron chi connectivity index (χ4n) is 4.15. The normalized spacial score (nSPS) is 11.9. The highest BCUT2D eigenvalue weighted by atomic mass is 32.2. The number of anilines is 1. The SMILES string of the molecule is CCCCc1ccc(CSC(C(=O)Nc2c(SC)cc(C)nc2SC)c2ccc(CCCC)cc2)cc1. The molecule has 37 heavy (non-hydrogen) atoms. The zero-order valence-corrected chi connectivity index (χ0v) is 25.3. The van der Waals surface area contributed by atoms with Crippen LogP contribution >= 0.6 is 35.3 Å². The highest BCUT2D eigenvalue weighted by Gasteiger charge is 2.24. The van der Waals surface area contributed by atoms with Gasteiger partial charge in [0.15, 0.2) is 0 Å². The van der Waals surface area contributed by atoms with Gasteiger partial charge in [-0.05, 0) is 73.4 Å². The molecule has 0 bridgehead atoms. The van der Waals surface area contributed by atoms with Crippen LogP contribution in [0.15, 0.2) is 64.5 Å². The van der Waals surface area contributed by atoms with Crippen molar-refractivity contribution >= 4 is 46.9 Å². The van der Waals surface area contributed by atoms with E-state index in [1.807, 2.05) is 25.5 Å². The first-order valence-corrected chi connectivity index (χ1v) is 16.7. The van der Waals surface area contributed by atoms with Crippen molar-refractivity contribution < 1.29 is 4.79 Å². The lowest BCUT2D eigenvalue weighted by Crippen LogP contribution is -2.20. The number of carbonyl (C=O) groups excluding carboxylic acids is 1. The van der Waals surface area contributed by atoms with Gasteiger partial charge in [0, 0.05) is 16.3 Å². The molecule has 0 aliphatic carbocycles. The number of nitrogens with one attached hydrogen (secondary N) is 1. The topological polar surface area (TPSA) is 42.0 Å². The molecular formula is C31H40N2OS3. The second-order valence-corrected chi connectivity index (χ2v) is 12.0. The fraction of sp³-hybridized carbons (Fsp3) is 0.419. The van der Waals surface area contributed by atoms with Gasteiger partial charge in [0.25, 0.3) is 0 Å². The van der Waals surface area contributed by atoms with Crippen molar-refractivity contribution in [2.75, 3.05) is 17.8 Å². The van der Waals surface area contributed by atoms with Crippen molar-refractivity contribution in [3.8, 4) is 0 Å². The second-order valence-electron chi connectivity index (χ2n) is 9.30. The number of hydrogen-bond donors (Lipinski definition) is 1. The van der Waals surface area contributed by atoms with E-state index in [1.54, 1.807) is 35.3 Å². The van der Waals surface area contributed by atoms with Crippen LogP contribution in [0.3, 0.4) is 0 Å². The van der Waals surface area contributed by atoms with Gasteiger partial charge in [-0.2, -0.15) is 0 Å². The van der Waals surface area contributed by atoms with E-state index in [0.29, 0.717) is 0 Å². The first-order chi connectivity index (χ1) is 18.0. The standard InChI is InChI=1S/C31H40N2OS3/c1-6-8-10-23-12-14-25(15-13-23)21-37-29(26-18-16-24(17-19-26)11-9-7-2)30(34)33-28-27(35-4)20-22(3)32-31(28)36-5/h12-20,29H,6-11,21H2,1-5H3,(H,33,34). The highest BCUT2D eigenvalue weighted by molar-refractivity contribution is 8.00. The minimum absolute atomic E-state index is 0.00197. The predicted molar refractivity (Wildman–Crippen MR) is 165 cm³/mol. The Bertz CT molecular complexity index is 1110. The number of amides is 1. The smallest absolute Gasteiger partial charge is 0.242 e. The van der Waals surface area contributed by atoms with E-state index in [9.17, 15) is 4.79 Å². The number of carbonyl (C=O) groups is 1. The first-order valence-electron chi connectivity index (χ1n) is 13.2. The molecule has 6 heteroatoms. The summed E-state index contributed by atoms with van der Waals surface area (Å²) in [5.74, 6) is 0.780. The van der Waals surface area contributed by atoms with Gasteiger partial charge in [-0.25, -0.2) is 4.98 Å². The maximum absolute atomic E-state index is 13.8. The van der Waals surface area contributed by atoms with Gasteiger partial charge in [0.05, 0.1) is 5.69 Å². The van der Waals surface area contributed by atoms with Crippen LogP contribution in [-0.2, 0) is 23.4 Å². The molecule has 0 aliphatic heterocycles. The highest BCUT2D eigenvalue weighted by Crippen LogP contribution is 2.37. The maximum atomic E-state index is 13.8. The van der Waals surface area contributed by atoms with E-state index in [1.165, 1.54) is 42.4 Å². The molecule has 198 valence electrons. The lowest BCUT2D eigenvalue weighted by atomic mass is 10.0. The number of aromatic nitrogens is 1. The van der Waals surface area contributed by atoms with E-state index in [0.717, 1.165) is 45.5 Å². The fourth-order valence-corrected chi connectivity index (χ4v) is 6.57. The molecule has 1 amide bonds. The number of hydrogen-bond acceptors (Lipinski definition) is 5. The molecule has 1 heterocycles. The number of benzene rings is 2. The molecule has 2 aromatic carbocycles. The molecule has 3 nitrogen and oxygen atoms in total. The van der Waals surface area contributed by atoms with Gasteiger partial charge in [0.2, 0.25) is 5.91 Å². The number of thioether (sulfide) groups is 3. The molecular weight excluding hydrogens is 513 g/mol. The van der Waals surface area contributed by atoms with Crippen molar-refractivity contribution in [1.29, 1.82) is 0 Å². The molecule has 0 saturated carbocycles. The van der Waals surface area contributed by atoms with Gasteiger partial charge >= 0.3 is 0 Å². The van der Waals surface area contributed by atoms with Crippen LogP contribution in [0.4, 0.5) is 5.69 Å². The summed E-state index contributed by atoms with van der Waals surface area (Å²) >= 11 is 4.90. The first kappa shape index (κ1) is 29.7. The number of rotatable bonds is 14. The Morgan fingerprint density at radius 1 is 0.865 bits per heavy atom. The van der Waals surface area contributed by atoms with E-state index >= 15 is 0 Å². The Labute approximate surface area is 236 Å². The van der Waals surface area contributed by atoms with Crippen molar-refractivity contribution in [3.05, 3.63) is 82.5 Å². The molecule has 0 saturated heterocycles. The second kappa shape index (κ2) is 15.5. The van der Waals surface area contributed by atoms with Crippen molar-refractivity contribution in [2.45, 2.75) is 80.2 Å². The molecule has 0 spiro atoms. The summed E-state index contributed by atoms with van der Waals surface area (Å²) in [7, 11) is 0. The molecule has 0 radical (unpaired) electrons. The van der Waals surface area contributed by atoms with Crippen LogP contribution < -0.4 is 5.32 Å². The van der Waals surface area contributed by atoms with E-state index in [4.69, 9.17) is 0 Å². The molecule has 1 N–H and O–H groups in total. The minimum atomic E-state index is -0.314. The lowest BCUT2D eigenvalue weighted by molar-refractivity contribution is -0.115. The predicted octanol–water partition coefficient (Wildman–Crippen LogP) is 9.13. The average molecular weight is 553 g/mol. The maximum Gasteiger partial charge on any atom is 0.242 e. The quantitative estimate of drug-likeness (QED) is 0.202. The molecule has 0 aliphatic rings. The van der Waals surface area contributed by atoms with Crippen LogP contribution in [0.1, 0.15) is 72.7 Å². The Morgan fingerprint density at radius 2 is 1.43 bits per heavy atom. The monoisotopic (exact) mass is 552 g/mol. The molecule has 1 unspecified atom stereocenters. The summed E-state index contributed by atoms with van der Waals surface area (Å²) in [6.07, 6.45) is 11.0. The zero-order valence-electron chi connectivity index (χ0n) is 22.8. The van der Waals surface area contributed by atoms with Crippen LogP contribution in [0, 0.1) is 6.92 Å². The molecule has 3 rings (SSSR count). The Morgan fingerprint density at radius 3 is 1.97 bits per heavy atom. The van der Waals surface area contributed by atoms with Crippen LogP contribution in [-0.4, -0.2) is 23.4 Å². The summed E-state index contributed by atoms with van der Waals surface area (Å²) in [5.41, 5.74) is 6.78. The van der Waals surface area contributed by atoms with Gasteiger partial charge in [-0.1, -0.05) is 75.2 Å². The van der Waals surface area contributed by atoms with E-state index < -0.39 is 0 Å². The third-order valence-corrected chi connectivity index (χ3v) is 9.10. The zero-order chi connectivity index (χ0) is 26.6. The van der Waals surface area contributed by atoms with Crippen molar-refractivity contribution in [1.82, 2.24) is 4.98 Å². The van der Waals surface area contributed by atoms with Gasteiger partial charge < -0.3 is 5.32 Å². The largest absolute Gasteiger partial charge is 0.322 e. The molecule has 0 fully saturated rings. The van der Waals surface area contributed by atoms with Crippen molar-refractivity contribution in [3.63, 3.8) is 0 Å². The van der Waals surface area contributed by atoms with Crippen LogP contribution in [0.5, 0.6) is 0 Å². The number of nitrogens with zero attached hydrogens (tertiary/aromatic N) is 1. The Balaban J connectivity index is 1.84. The number of unbranched alkanes of at least 4 members (excludes halogenated alkanes) is 2. The molecule has 1 atom stereocenters. The number of aryl methyl sites for hydroxylation is 3. The molecule has 1 aromatic heterocycles. The van der Waals surface area contributed by atoms with E-state index in [-0.39, 0.29) is 11.2 Å². The summed E-state index contributed by atoms with van der Waals surface area (Å²) < 4.78 is 0. The van der Waals surface area contributed by atoms with E-state index in [2.05, 4.69) is 72.7 Å². The Kier molecular flexibility index (Phi) is 12.4. The third kappa shape index (κ3) is 8.83. The van der Waals surface area contributed by atoms with Gasteiger partial charge in [-0.15, -0.1) is 35.3 Å². The van der Waals surface area contributed by atoms with Crippen LogP contribution in [0.2, 0.25) is 0 Å². The summed E-state index contributed by atoms with van der Waals surface area (Å²) in [5, 5.41) is 3.81. The minimum Gasteiger partial charge on any atom is -0.322 e. The van der Waals surface area contributed by atoms with Crippen molar-refractivity contribution in [2.24, 2.45) is 0 Å². The summed E-state index contributed by atoms with van der Waals surface area (Å²) in [6.45, 7) is 6.44. The van der Waals surface area contributed by atoms with Gasteiger partial charge in [0.1, 0.15) is 10.3 Å². The number of pyridine rings is 1. The molecule has 3 aromatic rings. The lowest BCUT2D eigenvalue weighted by Gasteiger charge is -2.20.